The average Bonchev–Trinajstić information content (AvgIpc) is 2.77. The maximum atomic E-state index is 12.7. The van der Waals surface area contributed by atoms with Gasteiger partial charge in [0.1, 0.15) is 0 Å². The Morgan fingerprint density at radius 1 is 0.909 bits per heavy atom. The third kappa shape index (κ3) is 6.27. The summed E-state index contributed by atoms with van der Waals surface area (Å²) in [6.07, 6.45) is 0. The van der Waals surface area contributed by atoms with E-state index < -0.39 is 28.5 Å². The van der Waals surface area contributed by atoms with E-state index >= 15 is 0 Å². The van der Waals surface area contributed by atoms with Crippen molar-refractivity contribution in [3.63, 3.8) is 0 Å². The lowest BCUT2D eigenvalue weighted by atomic mass is 10.1. The minimum atomic E-state index is -3.94. The Balaban J connectivity index is 1.66. The second-order valence-electron chi connectivity index (χ2n) is 7.23. The van der Waals surface area contributed by atoms with Gasteiger partial charge >= 0.3 is 5.97 Å². The number of nitrogens with one attached hydrogen (secondary N) is 2. The van der Waals surface area contributed by atoms with Gasteiger partial charge in [-0.05, 0) is 61.9 Å². The van der Waals surface area contributed by atoms with Crippen LogP contribution in [-0.2, 0) is 19.6 Å². The number of rotatable bonds is 8. The summed E-state index contributed by atoms with van der Waals surface area (Å²) in [7, 11) is -3.94. The molecular formula is C24H22N2O6S. The van der Waals surface area contributed by atoms with Gasteiger partial charge in [0, 0.05) is 11.3 Å². The molecule has 170 valence electrons. The van der Waals surface area contributed by atoms with Crippen molar-refractivity contribution in [3.05, 3.63) is 89.5 Å². The van der Waals surface area contributed by atoms with E-state index in [0.717, 1.165) is 5.56 Å². The highest BCUT2D eigenvalue weighted by Gasteiger charge is 2.18. The van der Waals surface area contributed by atoms with Crippen LogP contribution in [0.5, 0.6) is 0 Å². The highest BCUT2D eigenvalue weighted by atomic mass is 32.2. The molecule has 0 atom stereocenters. The van der Waals surface area contributed by atoms with Crippen LogP contribution >= 0.6 is 0 Å². The predicted molar refractivity (Wildman–Crippen MR) is 124 cm³/mol. The van der Waals surface area contributed by atoms with Crippen LogP contribution in [0.25, 0.3) is 0 Å². The first kappa shape index (κ1) is 23.7. The van der Waals surface area contributed by atoms with Crippen molar-refractivity contribution in [2.24, 2.45) is 0 Å². The lowest BCUT2D eigenvalue weighted by Gasteiger charge is -2.11. The van der Waals surface area contributed by atoms with Crippen LogP contribution in [0.1, 0.15) is 33.2 Å². The molecule has 3 aromatic rings. The first-order valence-corrected chi connectivity index (χ1v) is 11.4. The van der Waals surface area contributed by atoms with Crippen molar-refractivity contribution in [1.82, 2.24) is 0 Å². The van der Waals surface area contributed by atoms with Crippen LogP contribution in [0.3, 0.4) is 0 Å². The van der Waals surface area contributed by atoms with E-state index in [1.165, 1.54) is 31.2 Å². The van der Waals surface area contributed by atoms with Gasteiger partial charge in [-0.1, -0.05) is 30.3 Å². The minimum Gasteiger partial charge on any atom is -0.452 e. The van der Waals surface area contributed by atoms with Crippen LogP contribution in [0.4, 0.5) is 11.4 Å². The first-order chi connectivity index (χ1) is 15.7. The molecule has 0 aliphatic carbocycles. The zero-order valence-electron chi connectivity index (χ0n) is 18.0. The lowest BCUT2D eigenvalue weighted by molar-refractivity contribution is -0.119. The molecule has 0 aliphatic rings. The Kier molecular flexibility index (Phi) is 7.24. The molecule has 0 saturated heterocycles. The normalized spacial score (nSPS) is 10.8. The molecule has 0 saturated carbocycles. The van der Waals surface area contributed by atoms with Crippen molar-refractivity contribution < 1.29 is 27.5 Å². The average molecular weight is 467 g/mol. The Bertz CT molecular complexity index is 1320. The summed E-state index contributed by atoms with van der Waals surface area (Å²) in [5.74, 6) is -1.72. The fourth-order valence-corrected chi connectivity index (χ4v) is 4.11. The Hall–Kier alpha value is -3.98. The van der Waals surface area contributed by atoms with Crippen LogP contribution in [0.15, 0.2) is 77.7 Å². The molecule has 2 N–H and O–H groups in total. The molecule has 0 spiro atoms. The number of hydrogen-bond donors (Lipinski definition) is 2. The zero-order valence-corrected chi connectivity index (χ0v) is 18.8. The molecule has 3 aromatic carbocycles. The van der Waals surface area contributed by atoms with Crippen LogP contribution in [0, 0.1) is 6.92 Å². The molecule has 0 unspecified atom stereocenters. The third-order valence-corrected chi connectivity index (χ3v) is 5.94. The van der Waals surface area contributed by atoms with E-state index in [9.17, 15) is 22.8 Å². The van der Waals surface area contributed by atoms with Crippen molar-refractivity contribution in [2.45, 2.75) is 18.7 Å². The smallest absolute Gasteiger partial charge is 0.338 e. The molecule has 0 bridgehead atoms. The van der Waals surface area contributed by atoms with Crippen molar-refractivity contribution in [2.75, 3.05) is 16.6 Å². The predicted octanol–water partition coefficient (Wildman–Crippen LogP) is 3.79. The number of Topliss-reactive ketones (excluding diaryl/α,β-unsaturated/α-hetero) is 1. The Morgan fingerprint density at radius 3 is 2.36 bits per heavy atom. The van der Waals surface area contributed by atoms with E-state index in [1.807, 2.05) is 13.0 Å². The summed E-state index contributed by atoms with van der Waals surface area (Å²) in [5, 5.41) is 2.52. The minimum absolute atomic E-state index is 0.0287. The van der Waals surface area contributed by atoms with Gasteiger partial charge in [0.25, 0.3) is 15.9 Å². The number of esters is 1. The lowest BCUT2D eigenvalue weighted by Crippen LogP contribution is -2.22. The number of aryl methyl sites for hydroxylation is 1. The number of ketones is 1. The second-order valence-corrected chi connectivity index (χ2v) is 8.91. The zero-order chi connectivity index (χ0) is 24.0. The van der Waals surface area contributed by atoms with Gasteiger partial charge in [0.2, 0.25) is 0 Å². The number of ether oxygens (including phenoxy) is 1. The molecule has 1 amide bonds. The van der Waals surface area contributed by atoms with Crippen molar-refractivity contribution >= 4 is 39.1 Å². The standard InChI is InChI=1S/C24H22N2O6S/c1-16-7-5-9-19(13-16)26-33(30,31)20-10-6-8-18(14-20)24(29)32-15-23(28)25-22-12-4-3-11-21(22)17(2)27/h3-14,26H,15H2,1-2H3,(H,25,28). The monoisotopic (exact) mass is 466 g/mol. The van der Waals surface area contributed by atoms with Gasteiger partial charge in [0.05, 0.1) is 16.1 Å². The maximum absolute atomic E-state index is 12.7. The Morgan fingerprint density at radius 2 is 1.64 bits per heavy atom. The van der Waals surface area contributed by atoms with Crippen molar-refractivity contribution in [1.29, 1.82) is 0 Å². The van der Waals surface area contributed by atoms with Gasteiger partial charge in [-0.25, -0.2) is 13.2 Å². The van der Waals surface area contributed by atoms with E-state index in [0.29, 0.717) is 16.9 Å². The largest absolute Gasteiger partial charge is 0.452 e. The number of para-hydroxylation sites is 1. The number of benzene rings is 3. The SMILES string of the molecule is CC(=O)c1ccccc1NC(=O)COC(=O)c1cccc(S(=O)(=O)Nc2cccc(C)c2)c1. The Labute approximate surface area is 191 Å². The molecule has 0 aromatic heterocycles. The molecule has 8 nitrogen and oxygen atoms in total. The summed E-state index contributed by atoms with van der Waals surface area (Å²) in [6, 6.07) is 18.6. The maximum Gasteiger partial charge on any atom is 0.338 e. The van der Waals surface area contributed by atoms with Gasteiger partial charge in [-0.3, -0.25) is 14.3 Å². The first-order valence-electron chi connectivity index (χ1n) is 9.92. The van der Waals surface area contributed by atoms with E-state index in [1.54, 1.807) is 42.5 Å². The number of hydrogen-bond acceptors (Lipinski definition) is 6. The molecule has 0 fully saturated rings. The molecule has 0 radical (unpaired) electrons. The highest BCUT2D eigenvalue weighted by molar-refractivity contribution is 7.92. The number of anilines is 2. The molecule has 33 heavy (non-hydrogen) atoms. The number of carbonyl (C=O) groups excluding carboxylic acids is 3. The molecular weight excluding hydrogens is 444 g/mol. The fourth-order valence-electron chi connectivity index (χ4n) is 3.01. The molecule has 0 aliphatic heterocycles. The van der Waals surface area contributed by atoms with Gasteiger partial charge < -0.3 is 10.1 Å². The van der Waals surface area contributed by atoms with Gasteiger partial charge in [-0.2, -0.15) is 0 Å². The topological polar surface area (TPSA) is 119 Å². The van der Waals surface area contributed by atoms with Crippen LogP contribution < -0.4 is 10.0 Å². The summed E-state index contributed by atoms with van der Waals surface area (Å²) >= 11 is 0. The van der Waals surface area contributed by atoms with E-state index in [-0.39, 0.29) is 16.2 Å². The van der Waals surface area contributed by atoms with Crippen molar-refractivity contribution in [3.8, 4) is 0 Å². The second kappa shape index (κ2) is 10.1. The van der Waals surface area contributed by atoms with E-state index in [4.69, 9.17) is 4.74 Å². The molecule has 0 heterocycles. The summed E-state index contributed by atoms with van der Waals surface area (Å²) in [5.41, 5.74) is 1.89. The number of sulfonamides is 1. The summed E-state index contributed by atoms with van der Waals surface area (Å²) in [6.45, 7) is 2.60. The summed E-state index contributed by atoms with van der Waals surface area (Å²) < 4.78 is 32.9. The number of carbonyl (C=O) groups is 3. The van der Waals surface area contributed by atoms with Crippen LogP contribution in [-0.4, -0.2) is 32.7 Å². The van der Waals surface area contributed by atoms with Gasteiger partial charge in [0.15, 0.2) is 12.4 Å². The fraction of sp³-hybridized carbons (Fsp3) is 0.125. The quantitative estimate of drug-likeness (QED) is 0.385. The van der Waals surface area contributed by atoms with E-state index in [2.05, 4.69) is 10.0 Å². The van der Waals surface area contributed by atoms with Gasteiger partial charge in [-0.15, -0.1) is 0 Å². The highest BCUT2D eigenvalue weighted by Crippen LogP contribution is 2.19. The van der Waals surface area contributed by atoms with Crippen LogP contribution in [0.2, 0.25) is 0 Å². The molecule has 9 heteroatoms. The molecule has 3 rings (SSSR count). The number of amides is 1. The third-order valence-electron chi connectivity index (χ3n) is 4.57. The summed E-state index contributed by atoms with van der Waals surface area (Å²) in [4.78, 5) is 36.1.